The molecule has 0 N–H and O–H groups in total. The van der Waals surface area contributed by atoms with E-state index in [0.717, 1.165) is 19.6 Å². The van der Waals surface area contributed by atoms with Gasteiger partial charge in [-0.3, -0.25) is 0 Å². The third-order valence-electron chi connectivity index (χ3n) is 4.80. The van der Waals surface area contributed by atoms with E-state index in [9.17, 15) is 0 Å². The Bertz CT molecular complexity index is 334. The van der Waals surface area contributed by atoms with Gasteiger partial charge in [0.2, 0.25) is 0 Å². The topological polar surface area (TPSA) is 27.7 Å². The van der Waals surface area contributed by atoms with Crippen LogP contribution in [0.3, 0.4) is 0 Å². The lowest BCUT2D eigenvalue weighted by atomic mass is 10.0. The summed E-state index contributed by atoms with van der Waals surface area (Å²) < 4.78 is 17.0. The summed E-state index contributed by atoms with van der Waals surface area (Å²) in [6.07, 6.45) is 24.5. The predicted octanol–water partition coefficient (Wildman–Crippen LogP) is 7.84. The smallest absolute Gasteiger partial charge is 0.114 e. The van der Waals surface area contributed by atoms with Crippen LogP contribution < -0.4 is 0 Å². The molecule has 0 bridgehead atoms. The maximum Gasteiger partial charge on any atom is 0.114 e. The van der Waals surface area contributed by atoms with E-state index in [1.807, 2.05) is 6.66 Å². The first kappa shape index (κ1) is 27.2. The van der Waals surface area contributed by atoms with E-state index in [4.69, 9.17) is 13.8 Å². The first-order valence-electron chi connectivity index (χ1n) is 11.7. The average molecular weight is 405 g/mol. The van der Waals surface area contributed by atoms with E-state index in [1.54, 1.807) is 0 Å². The maximum atomic E-state index is 5.71. The summed E-state index contributed by atoms with van der Waals surface area (Å²) in [6.45, 7) is 9.18. The van der Waals surface area contributed by atoms with Crippen LogP contribution in [0.15, 0.2) is 0 Å². The lowest BCUT2D eigenvalue weighted by molar-refractivity contribution is 0.0946. The molecule has 0 saturated heterocycles. The number of unbranched alkanes of at least 4 members (excludes halogenated alkanes) is 13. The molecule has 0 aliphatic rings. The number of ether oxygens (including phenoxy) is 1. The molecule has 0 aromatic carbocycles. The van der Waals surface area contributed by atoms with Crippen LogP contribution in [0.2, 0.25) is 0 Å². The Kier molecular flexibility index (Phi) is 21.0. The molecular formula is C23H49O3P. The fourth-order valence-electron chi connectivity index (χ4n) is 3.11. The molecule has 27 heavy (non-hydrogen) atoms. The highest BCUT2D eigenvalue weighted by atomic mass is 31.2. The third kappa shape index (κ3) is 22.3. The van der Waals surface area contributed by atoms with Gasteiger partial charge >= 0.3 is 0 Å². The van der Waals surface area contributed by atoms with Crippen molar-refractivity contribution >= 4 is 13.6 Å². The molecule has 0 spiro atoms. The summed E-state index contributed by atoms with van der Waals surface area (Å²) in [5.41, 5.74) is 0. The van der Waals surface area contributed by atoms with Crippen molar-refractivity contribution in [2.45, 2.75) is 110 Å². The van der Waals surface area contributed by atoms with Gasteiger partial charge in [-0.05, 0) is 12.8 Å². The van der Waals surface area contributed by atoms with Crippen LogP contribution in [0, 0.1) is 0 Å². The molecule has 1 unspecified atom stereocenters. The minimum atomic E-state index is -1.88. The second-order valence-corrected chi connectivity index (χ2v) is 10.4. The monoisotopic (exact) mass is 404 g/mol. The quantitative estimate of drug-likeness (QED) is 0.136. The molecule has 4 heteroatoms. The van der Waals surface area contributed by atoms with Gasteiger partial charge in [-0.25, -0.2) is 0 Å². The van der Waals surface area contributed by atoms with E-state index in [1.165, 1.54) is 89.9 Å². The predicted molar refractivity (Wildman–Crippen MR) is 123 cm³/mol. The van der Waals surface area contributed by atoms with Gasteiger partial charge in [-0.1, -0.05) is 104 Å². The standard InChI is InChI=1S/C23H49O3P/c1-5-7-8-9-10-11-12-13-14-15-16-17-18-19-21-24-22-23-26-27(3,4)25-20-6-2/h3,5-23H2,1-2,4H3. The Balaban J connectivity index is 3.14. The molecule has 0 rings (SSSR count). The van der Waals surface area contributed by atoms with Crippen LogP contribution >= 0.6 is 7.34 Å². The molecule has 0 aliphatic carbocycles. The van der Waals surface area contributed by atoms with Crippen LogP contribution in [-0.2, 0) is 13.8 Å². The number of hydrogen-bond acceptors (Lipinski definition) is 3. The molecule has 164 valence electrons. The van der Waals surface area contributed by atoms with E-state index >= 15 is 0 Å². The number of hydrogen-bond donors (Lipinski definition) is 0. The second-order valence-electron chi connectivity index (χ2n) is 7.89. The molecule has 0 fully saturated rings. The Labute approximate surface area is 171 Å². The first-order valence-corrected chi connectivity index (χ1v) is 14.0. The molecule has 3 nitrogen and oxygen atoms in total. The molecule has 0 aromatic heterocycles. The normalized spacial score (nSPS) is 13.7. The summed E-state index contributed by atoms with van der Waals surface area (Å²) in [5, 5.41) is 0. The van der Waals surface area contributed by atoms with Gasteiger partial charge in [0, 0.05) is 13.3 Å². The Morgan fingerprint density at radius 2 is 0.963 bits per heavy atom. The van der Waals surface area contributed by atoms with Crippen molar-refractivity contribution in [2.24, 2.45) is 0 Å². The SMILES string of the molecule is C=P(C)(OCCC)OCCOCCCCCCCCCCCCCCCC. The van der Waals surface area contributed by atoms with Crippen LogP contribution in [0.1, 0.15) is 110 Å². The van der Waals surface area contributed by atoms with Gasteiger partial charge in [0.05, 0.1) is 19.8 Å². The van der Waals surface area contributed by atoms with Crippen LogP contribution in [0.5, 0.6) is 0 Å². The van der Waals surface area contributed by atoms with Gasteiger partial charge in [0.15, 0.2) is 0 Å². The van der Waals surface area contributed by atoms with E-state index in [-0.39, 0.29) is 0 Å². The second kappa shape index (κ2) is 20.9. The third-order valence-corrected chi connectivity index (χ3v) is 6.26. The highest BCUT2D eigenvalue weighted by Gasteiger charge is 2.07. The Morgan fingerprint density at radius 3 is 1.44 bits per heavy atom. The molecular weight excluding hydrogens is 355 g/mol. The van der Waals surface area contributed by atoms with Gasteiger partial charge in [-0.15, -0.1) is 0 Å². The van der Waals surface area contributed by atoms with Gasteiger partial charge < -0.3 is 13.8 Å². The van der Waals surface area contributed by atoms with E-state index in [2.05, 4.69) is 20.1 Å². The molecule has 1 atom stereocenters. The van der Waals surface area contributed by atoms with Crippen molar-refractivity contribution in [2.75, 3.05) is 33.1 Å². The zero-order valence-electron chi connectivity index (χ0n) is 18.8. The Morgan fingerprint density at radius 1 is 0.519 bits per heavy atom. The van der Waals surface area contributed by atoms with Crippen LogP contribution in [0.4, 0.5) is 0 Å². The summed E-state index contributed by atoms with van der Waals surface area (Å²) in [4.78, 5) is 0. The van der Waals surface area contributed by atoms with Crippen LogP contribution in [-0.4, -0.2) is 39.4 Å². The van der Waals surface area contributed by atoms with Crippen molar-refractivity contribution in [3.63, 3.8) is 0 Å². The largest absolute Gasteiger partial charge is 0.379 e. The van der Waals surface area contributed by atoms with Crippen molar-refractivity contribution in [1.29, 1.82) is 0 Å². The highest BCUT2D eigenvalue weighted by molar-refractivity contribution is 7.63. The van der Waals surface area contributed by atoms with E-state index < -0.39 is 7.34 Å². The number of rotatable bonds is 22. The lowest BCUT2D eigenvalue weighted by Gasteiger charge is -2.19. The van der Waals surface area contributed by atoms with Crippen molar-refractivity contribution in [1.82, 2.24) is 0 Å². The Hall–Kier alpha value is 0.180. The van der Waals surface area contributed by atoms with Crippen molar-refractivity contribution in [3.05, 3.63) is 0 Å². The zero-order chi connectivity index (χ0) is 20.1. The summed E-state index contributed by atoms with van der Waals surface area (Å²) in [6, 6.07) is 0. The van der Waals surface area contributed by atoms with Gasteiger partial charge in [-0.2, -0.15) is 0 Å². The minimum absolute atomic E-state index is 0.593. The zero-order valence-corrected chi connectivity index (χ0v) is 19.7. The fourth-order valence-corrected chi connectivity index (χ4v) is 4.22. The van der Waals surface area contributed by atoms with E-state index in [0.29, 0.717) is 13.2 Å². The maximum absolute atomic E-state index is 5.71. The van der Waals surface area contributed by atoms with Crippen LogP contribution in [0.25, 0.3) is 0 Å². The lowest BCUT2D eigenvalue weighted by Crippen LogP contribution is -2.05. The van der Waals surface area contributed by atoms with Gasteiger partial charge in [0.1, 0.15) is 7.34 Å². The molecule has 0 amide bonds. The molecule has 0 aliphatic heterocycles. The fraction of sp³-hybridized carbons (Fsp3) is 0.957. The highest BCUT2D eigenvalue weighted by Crippen LogP contribution is 2.42. The molecule has 0 heterocycles. The summed E-state index contributed by atoms with van der Waals surface area (Å²) in [7, 11) is -1.88. The first-order chi connectivity index (χ1) is 13.1. The average Bonchev–Trinajstić information content (AvgIpc) is 2.65. The molecule has 0 aromatic rings. The molecule has 0 radical (unpaired) electrons. The van der Waals surface area contributed by atoms with Gasteiger partial charge in [0.25, 0.3) is 0 Å². The summed E-state index contributed by atoms with van der Waals surface area (Å²) in [5.74, 6) is 0. The summed E-state index contributed by atoms with van der Waals surface area (Å²) >= 11 is 0. The van der Waals surface area contributed by atoms with Crippen molar-refractivity contribution in [3.8, 4) is 0 Å². The molecule has 0 saturated carbocycles. The van der Waals surface area contributed by atoms with Crippen molar-refractivity contribution < 1.29 is 13.8 Å². The minimum Gasteiger partial charge on any atom is -0.379 e.